The molecule has 380 valence electrons. The maximum atomic E-state index is 13.5. The van der Waals surface area contributed by atoms with Gasteiger partial charge in [-0.1, -0.05) is 48.5 Å². The zero-order valence-electron chi connectivity index (χ0n) is 37.3. The molecule has 0 aliphatic heterocycles. The first-order valence-corrected chi connectivity index (χ1v) is 21.5. The van der Waals surface area contributed by atoms with Gasteiger partial charge in [-0.25, -0.2) is 0 Å². The number of azo groups is 2. The van der Waals surface area contributed by atoms with Gasteiger partial charge in [-0.3, -0.25) is 9.59 Å². The van der Waals surface area contributed by atoms with E-state index in [4.69, 9.17) is 4.42 Å². The van der Waals surface area contributed by atoms with Crippen LogP contribution >= 0.6 is 0 Å². The Morgan fingerprint density at radius 2 is 0.827 bits per heavy atom. The average molecular weight is 1040 g/mol. The van der Waals surface area contributed by atoms with Gasteiger partial charge in [0.25, 0.3) is 11.8 Å². The van der Waals surface area contributed by atoms with E-state index in [0.29, 0.717) is 62.7 Å². The first kappa shape index (κ1) is 50.7. The van der Waals surface area contributed by atoms with Crippen molar-refractivity contribution >= 4 is 78.5 Å². The molecule has 75 heavy (non-hydrogen) atoms. The van der Waals surface area contributed by atoms with Gasteiger partial charge in [0.05, 0.1) is 44.8 Å². The summed E-state index contributed by atoms with van der Waals surface area (Å²) in [5, 5.41) is 45.0. The fourth-order valence-corrected chi connectivity index (χ4v) is 7.78. The number of nitrogens with zero attached hydrogens (tertiary/aromatic N) is 4. The fraction of sp³-hybridized carbons (Fsp3) is 0.0769. The molecule has 0 radical (unpaired) electrons. The van der Waals surface area contributed by atoms with Crippen molar-refractivity contribution < 1.29 is 76.9 Å². The van der Waals surface area contributed by atoms with E-state index in [9.17, 15) is 72.5 Å². The molecule has 0 spiro atoms. The van der Waals surface area contributed by atoms with Crippen LogP contribution in [-0.4, -0.2) is 22.0 Å². The molecule has 0 aliphatic rings. The molecule has 1 aromatic heterocycles. The summed E-state index contributed by atoms with van der Waals surface area (Å²) in [4.78, 5) is 26.8. The number of carbonyl (C=O) groups is 2. The second-order valence-corrected chi connectivity index (χ2v) is 16.5. The van der Waals surface area contributed by atoms with Crippen molar-refractivity contribution in [3.8, 4) is 22.8 Å². The molecule has 0 saturated heterocycles. The molecule has 9 rings (SSSR count). The van der Waals surface area contributed by atoms with Crippen molar-refractivity contribution in [2.45, 2.75) is 24.7 Å². The molecule has 0 bridgehead atoms. The standard InChI is InChI=1S/C52H28F12N6O5/c53-49(54,55)29-19-30(50(56,57)58)22-35(21-29)65-47(73)39-16-26-5-1-3-7-37(26)43(45(39)71)69-67-33-11-9-25(10-12-33)42-18-28-15-34(13-14-41(28)75-42)68-70-44-38-8-4-2-6-27(38)17-40(46(44)72)48(74)66-36-23-31(51(59,60)61)20-32(24-36)52(62,63)64/h1-24,71-72H,(H,65,73)(H,66,74)/b69-67+,70-68+. The lowest BCUT2D eigenvalue weighted by Gasteiger charge is -2.15. The van der Waals surface area contributed by atoms with E-state index in [2.05, 4.69) is 20.5 Å². The summed E-state index contributed by atoms with van der Waals surface area (Å²) < 4.78 is 168. The van der Waals surface area contributed by atoms with Gasteiger partial charge in [0, 0.05) is 33.1 Å². The monoisotopic (exact) mass is 1040 g/mol. The Kier molecular flexibility index (Phi) is 12.8. The van der Waals surface area contributed by atoms with E-state index in [1.807, 2.05) is 10.6 Å². The van der Waals surface area contributed by atoms with E-state index >= 15 is 0 Å². The molecule has 0 fully saturated rings. The Morgan fingerprint density at radius 1 is 0.427 bits per heavy atom. The third kappa shape index (κ3) is 10.8. The van der Waals surface area contributed by atoms with Gasteiger partial charge in [0.1, 0.15) is 22.7 Å². The number of benzene rings is 8. The molecular formula is C52H28F12N6O5. The number of phenolic OH excluding ortho intramolecular Hbond substituents is 2. The van der Waals surface area contributed by atoms with Crippen molar-refractivity contribution in [2.24, 2.45) is 20.5 Å². The highest BCUT2D eigenvalue weighted by atomic mass is 19.4. The van der Waals surface area contributed by atoms with Crippen molar-refractivity contribution in [1.29, 1.82) is 0 Å². The van der Waals surface area contributed by atoms with E-state index in [1.54, 1.807) is 54.6 Å². The number of halogens is 12. The van der Waals surface area contributed by atoms with Gasteiger partial charge >= 0.3 is 24.7 Å². The minimum absolute atomic E-state index is 0.0971. The molecule has 0 unspecified atom stereocenters. The number of alkyl halides is 12. The lowest BCUT2D eigenvalue weighted by atomic mass is 10.0. The predicted octanol–water partition coefficient (Wildman–Crippen LogP) is 17.2. The van der Waals surface area contributed by atoms with E-state index in [0.717, 1.165) is 0 Å². The van der Waals surface area contributed by atoms with Crippen molar-refractivity contribution in [3.05, 3.63) is 179 Å². The lowest BCUT2D eigenvalue weighted by molar-refractivity contribution is -0.144. The highest BCUT2D eigenvalue weighted by Gasteiger charge is 2.39. The Labute approximate surface area is 412 Å². The zero-order valence-corrected chi connectivity index (χ0v) is 37.3. The van der Waals surface area contributed by atoms with Crippen LogP contribution in [0.25, 0.3) is 43.8 Å². The summed E-state index contributed by atoms with van der Waals surface area (Å²) >= 11 is 0. The molecule has 2 amide bonds. The number of fused-ring (bicyclic) bond motifs is 3. The summed E-state index contributed by atoms with van der Waals surface area (Å²) in [6, 6.07) is 28.5. The summed E-state index contributed by atoms with van der Waals surface area (Å²) in [5.74, 6) is -3.68. The smallest absolute Gasteiger partial charge is 0.416 e. The number of phenols is 2. The van der Waals surface area contributed by atoms with Crippen molar-refractivity contribution in [3.63, 3.8) is 0 Å². The van der Waals surface area contributed by atoms with Crippen LogP contribution in [-0.2, 0) is 24.7 Å². The molecule has 0 saturated carbocycles. The molecule has 0 aliphatic carbocycles. The predicted molar refractivity (Wildman–Crippen MR) is 250 cm³/mol. The molecule has 0 atom stereocenters. The largest absolute Gasteiger partial charge is 0.505 e. The lowest BCUT2D eigenvalue weighted by Crippen LogP contribution is -2.16. The molecule has 8 aromatic carbocycles. The van der Waals surface area contributed by atoms with Crippen molar-refractivity contribution in [1.82, 2.24) is 0 Å². The van der Waals surface area contributed by atoms with E-state index in [1.165, 1.54) is 54.6 Å². The third-order valence-electron chi connectivity index (χ3n) is 11.4. The minimum atomic E-state index is -5.19. The zero-order chi connectivity index (χ0) is 53.8. The molecule has 23 heteroatoms. The molecular weight excluding hydrogens is 1020 g/mol. The topological polar surface area (TPSA) is 161 Å². The highest BCUT2D eigenvalue weighted by molar-refractivity contribution is 6.13. The first-order chi connectivity index (χ1) is 35.3. The molecule has 4 N–H and O–H groups in total. The molecule has 1 heterocycles. The summed E-state index contributed by atoms with van der Waals surface area (Å²) in [6.45, 7) is 0. The fourth-order valence-electron chi connectivity index (χ4n) is 7.78. The number of rotatable bonds is 9. The number of hydrogen-bond donors (Lipinski definition) is 4. The number of hydrogen-bond acceptors (Lipinski definition) is 9. The van der Waals surface area contributed by atoms with E-state index in [-0.39, 0.29) is 40.3 Å². The SMILES string of the molecule is O=C(Nc1cc(C(F)(F)F)cc(C(F)(F)F)c1)c1cc2ccccc2c(/N=N/c2ccc(-c3cc4cc(/N=N/c5c(O)c(C(=O)Nc6cc(C(F)(F)F)cc(C(F)(F)F)c6)cc6ccccc56)ccc4o3)cc2)c1O. The Bertz CT molecular complexity index is 3740. The third-order valence-corrected chi connectivity index (χ3v) is 11.4. The average Bonchev–Trinajstić information content (AvgIpc) is 3.78. The normalized spacial score (nSPS) is 12.6. The summed E-state index contributed by atoms with van der Waals surface area (Å²) in [7, 11) is 0. The summed E-state index contributed by atoms with van der Waals surface area (Å²) in [5.41, 5.74) is -8.52. The maximum Gasteiger partial charge on any atom is 0.416 e. The Hall–Kier alpha value is -9.28. The van der Waals surface area contributed by atoms with Crippen LogP contribution in [0.2, 0.25) is 0 Å². The van der Waals surface area contributed by atoms with Gasteiger partial charge in [0.15, 0.2) is 11.5 Å². The molecule has 11 nitrogen and oxygen atoms in total. The van der Waals surface area contributed by atoms with E-state index < -0.39 is 92.8 Å². The number of carbonyl (C=O) groups excluding carboxylic acids is 2. The van der Waals surface area contributed by atoms with Crippen LogP contribution in [0.15, 0.2) is 170 Å². The number of furan rings is 1. The number of anilines is 2. The highest BCUT2D eigenvalue weighted by Crippen LogP contribution is 2.44. The van der Waals surface area contributed by atoms with Gasteiger partial charge in [-0.05, 0) is 108 Å². The van der Waals surface area contributed by atoms with Crippen LogP contribution in [0.4, 0.5) is 86.8 Å². The quantitative estimate of drug-likeness (QED) is 0.0835. The Morgan fingerprint density at radius 3 is 1.25 bits per heavy atom. The Balaban J connectivity index is 0.950. The first-order valence-electron chi connectivity index (χ1n) is 21.5. The van der Waals surface area contributed by atoms with Gasteiger partial charge in [-0.2, -0.15) is 62.9 Å². The second-order valence-electron chi connectivity index (χ2n) is 16.5. The van der Waals surface area contributed by atoms with Crippen molar-refractivity contribution in [2.75, 3.05) is 10.6 Å². The number of amides is 2. The van der Waals surface area contributed by atoms with Crippen LogP contribution in [0.3, 0.4) is 0 Å². The van der Waals surface area contributed by atoms with Crippen LogP contribution in [0.5, 0.6) is 11.5 Å². The summed E-state index contributed by atoms with van der Waals surface area (Å²) in [6.07, 6.45) is -20.7. The van der Waals surface area contributed by atoms with Gasteiger partial charge in [0.2, 0.25) is 0 Å². The molecule has 9 aromatic rings. The second kappa shape index (κ2) is 19.0. The van der Waals surface area contributed by atoms with Gasteiger partial charge in [-0.15, -0.1) is 10.2 Å². The van der Waals surface area contributed by atoms with Crippen LogP contribution in [0.1, 0.15) is 43.0 Å². The van der Waals surface area contributed by atoms with Gasteiger partial charge < -0.3 is 25.3 Å². The number of nitrogens with one attached hydrogen (secondary N) is 2. The maximum absolute atomic E-state index is 13.5. The minimum Gasteiger partial charge on any atom is -0.505 e. The number of aromatic hydroxyl groups is 2. The van der Waals surface area contributed by atoms with Crippen LogP contribution in [0, 0.1) is 0 Å². The van der Waals surface area contributed by atoms with Crippen LogP contribution < -0.4 is 10.6 Å².